The summed E-state index contributed by atoms with van der Waals surface area (Å²) < 4.78 is 31.5. The number of rotatable bonds is 10. The van der Waals surface area contributed by atoms with Crippen LogP contribution in [0.2, 0.25) is 0 Å². The van der Waals surface area contributed by atoms with E-state index in [1.807, 2.05) is 36.4 Å². The summed E-state index contributed by atoms with van der Waals surface area (Å²) in [6.07, 6.45) is 0. The van der Waals surface area contributed by atoms with E-state index < -0.39 is 0 Å². The Morgan fingerprint density at radius 2 is 0.440 bits per heavy atom. The zero-order chi connectivity index (χ0) is 98.3. The van der Waals surface area contributed by atoms with Gasteiger partial charge in [-0.25, -0.2) is 29.9 Å². The molecule has 0 N–H and O–H groups in total. The molecule has 0 bridgehead atoms. The van der Waals surface area contributed by atoms with Crippen LogP contribution in [0.4, 0.5) is 0 Å². The van der Waals surface area contributed by atoms with Gasteiger partial charge in [0.05, 0.1) is 92.3 Å². The van der Waals surface area contributed by atoms with Crippen molar-refractivity contribution in [2.75, 3.05) is 0 Å². The molecule has 0 spiro atoms. The normalized spacial score (nSPS) is 12.0. The minimum atomic E-state index is 0.627. The first-order valence-electron chi connectivity index (χ1n) is 50.4. The third kappa shape index (κ3) is 13.3. The van der Waals surface area contributed by atoms with Crippen LogP contribution in [-0.2, 0) is 0 Å². The molecule has 11 heterocycles. The van der Waals surface area contributed by atoms with E-state index in [1.54, 1.807) is 22.7 Å². The average molecular weight is 1950 g/mol. The van der Waals surface area contributed by atoms with Gasteiger partial charge in [-0.1, -0.05) is 388 Å². The van der Waals surface area contributed by atoms with Gasteiger partial charge in [0, 0.05) is 90.7 Å². The van der Waals surface area contributed by atoms with Gasteiger partial charge in [-0.05, 0) is 168 Å². The molecule has 14 heteroatoms. The fourth-order valence-electron chi connectivity index (χ4n) is 23.4. The first-order valence-corrected chi connectivity index (χ1v) is 52.1. The van der Waals surface area contributed by atoms with Gasteiger partial charge in [0.1, 0.15) is 33.5 Å². The Bertz CT molecular complexity index is 11400. The molecule has 12 nitrogen and oxygen atoms in total. The molecule has 0 unspecified atom stereocenters. The average Bonchev–Trinajstić information content (AvgIpc) is 1.55. The molecule has 150 heavy (non-hydrogen) atoms. The van der Waals surface area contributed by atoms with Crippen molar-refractivity contribution in [3.63, 3.8) is 0 Å². The molecule has 33 aromatic rings. The van der Waals surface area contributed by atoms with Crippen LogP contribution in [0.5, 0.6) is 0 Å². The van der Waals surface area contributed by atoms with E-state index in [1.165, 1.54) is 53.0 Å². The molecular formula is C136H79N9O3S2. The Hall–Kier alpha value is -19.6. The number of hydrogen-bond acceptors (Lipinski definition) is 11. The number of hydrogen-bond donors (Lipinski definition) is 0. The third-order valence-corrected chi connectivity index (χ3v) is 32.4. The number of nitrogens with zero attached hydrogens (tertiary/aromatic N) is 9. The van der Waals surface area contributed by atoms with E-state index >= 15 is 0 Å². The summed E-state index contributed by atoms with van der Waals surface area (Å²) in [4.78, 5) is 32.5. The minimum absolute atomic E-state index is 0.627. The number of thiophene rings is 2. The van der Waals surface area contributed by atoms with Crippen LogP contribution in [0, 0.1) is 0 Å². The maximum Gasteiger partial charge on any atom is 0.235 e. The zero-order valence-electron chi connectivity index (χ0n) is 80.2. The first kappa shape index (κ1) is 84.8. The lowest BCUT2D eigenvalue weighted by Gasteiger charge is -2.13. The highest BCUT2D eigenvalue weighted by Gasteiger charge is 2.31. The summed E-state index contributed by atoms with van der Waals surface area (Å²) in [7, 11) is 0. The quantitative estimate of drug-likeness (QED) is 0.131. The SMILES string of the molecule is c1ccc(-c2cc3c(c4ccccc24)c2c4oc5ccccc5c4ccc2n3-c2nc(-c3ccccc3)c3sc4ccccc4c3n2)cc1.c1ccc(-c2ccc(-c3nc(-n4c5cc(-c6ccccc6)c6ccccc6c5c5c6oc7ccccc7c6ccc54)nc4c3sc3ccccc34)cc2)cc1.c1ccc(-c2nc(-n3c4cc(-c5ccccc5)c5ccccc5c4c4c5oc6ccccc6c5ccc43)nc3ccccc23)cc1. The van der Waals surface area contributed by atoms with Crippen molar-refractivity contribution in [3.05, 3.63) is 479 Å². The van der Waals surface area contributed by atoms with Crippen molar-refractivity contribution in [1.82, 2.24) is 43.6 Å². The van der Waals surface area contributed by atoms with Crippen molar-refractivity contribution in [3.8, 4) is 96.1 Å². The topological polar surface area (TPSA) is 132 Å². The molecule has 0 saturated heterocycles. The Balaban J connectivity index is 0.000000102. The number of benzene rings is 22. The summed E-state index contributed by atoms with van der Waals surface area (Å²) in [6, 6.07) is 169. The molecule has 0 fully saturated rings. The minimum Gasteiger partial charge on any atom is -0.455 e. The van der Waals surface area contributed by atoms with Crippen LogP contribution in [-0.4, -0.2) is 43.6 Å². The van der Waals surface area contributed by atoms with E-state index in [9.17, 15) is 0 Å². The van der Waals surface area contributed by atoms with Crippen LogP contribution >= 0.6 is 22.7 Å². The second kappa shape index (κ2) is 34.0. The Morgan fingerprint density at radius 1 is 0.173 bits per heavy atom. The van der Waals surface area contributed by atoms with E-state index in [0.29, 0.717) is 17.8 Å². The molecule has 698 valence electrons. The summed E-state index contributed by atoms with van der Waals surface area (Å²) >= 11 is 3.51. The lowest BCUT2D eigenvalue weighted by atomic mass is 9.94. The highest BCUT2D eigenvalue weighted by Crippen LogP contribution is 2.53. The molecule has 0 amide bonds. The number of para-hydroxylation sites is 4. The molecule has 0 aliphatic heterocycles. The Labute approximate surface area is 863 Å². The fourth-order valence-corrected chi connectivity index (χ4v) is 25.7. The molecule has 33 rings (SSSR count). The molecule has 0 atom stereocenters. The molecule has 0 aliphatic carbocycles. The van der Waals surface area contributed by atoms with Crippen molar-refractivity contribution in [1.29, 1.82) is 0 Å². The smallest absolute Gasteiger partial charge is 0.235 e. The summed E-state index contributed by atoms with van der Waals surface area (Å²) in [5.41, 5.74) is 29.5. The van der Waals surface area contributed by atoms with Gasteiger partial charge in [0.25, 0.3) is 0 Å². The predicted octanol–water partition coefficient (Wildman–Crippen LogP) is 37.4. The molecule has 0 aliphatic rings. The monoisotopic (exact) mass is 1950 g/mol. The van der Waals surface area contributed by atoms with Crippen LogP contribution in [0.25, 0.3) is 311 Å². The molecule has 0 saturated carbocycles. The Morgan fingerprint density at radius 3 is 0.813 bits per heavy atom. The second-order valence-corrected chi connectivity index (χ2v) is 40.5. The van der Waals surface area contributed by atoms with E-state index in [0.717, 1.165) is 240 Å². The molecule has 22 aromatic carbocycles. The summed E-state index contributed by atoms with van der Waals surface area (Å²) in [5.74, 6) is 1.89. The highest BCUT2D eigenvalue weighted by atomic mass is 32.1. The van der Waals surface area contributed by atoms with E-state index in [2.05, 4.69) is 457 Å². The maximum absolute atomic E-state index is 6.79. The lowest BCUT2D eigenvalue weighted by Crippen LogP contribution is -2.03. The molecule has 0 radical (unpaired) electrons. The first-order chi connectivity index (χ1) is 74.4. The number of fused-ring (bicyclic) bond motifs is 34. The van der Waals surface area contributed by atoms with E-state index in [-0.39, 0.29) is 0 Å². The standard InChI is InChI=1S/C50H29N3OS.C44H25N3OS.C42H25N3O/c1-3-13-30(14-4-1)31-23-25-33(26-24-31)46-49-47(38-20-10-12-22-43(38)55-49)52-50(51-46)53-40-28-27-37-35-18-9-11-21-42(35)54-48(37)45(40)44-36-19-8-7-17-34(36)39(29-41(44)53)32-15-5-2-6-16-32;1-3-13-26(14-4-1)33-25-35-38(30-19-8-7-17-28(30)33)39-34(24-23-31-29-18-9-11-21-36(29)48-42(31)39)47(35)44-45-40(27-15-5-2-6-16-27)43-41(46-44)32-20-10-12-22-37(32)49-43;1-3-13-26(14-4-1)33-25-36-38(30-19-8-7-17-28(30)33)39-35(24-23-31-29-18-10-12-22-37(29)46-41(31)39)45(36)42-43-34-21-11-9-20-32(34)40(44-42)27-15-5-2-6-16-27/h1-29H;1-25H;1-25H. The second-order valence-electron chi connectivity index (χ2n) is 38.4. The Kier molecular flexibility index (Phi) is 19.2. The zero-order valence-corrected chi connectivity index (χ0v) is 81.8. The van der Waals surface area contributed by atoms with Crippen LogP contribution < -0.4 is 0 Å². The van der Waals surface area contributed by atoms with Gasteiger partial charge in [-0.3, -0.25) is 13.7 Å². The van der Waals surface area contributed by atoms with E-state index in [4.69, 9.17) is 43.2 Å². The van der Waals surface area contributed by atoms with Gasteiger partial charge in [0.15, 0.2) is 0 Å². The van der Waals surface area contributed by atoms with Gasteiger partial charge in [-0.15, -0.1) is 22.7 Å². The van der Waals surface area contributed by atoms with Gasteiger partial charge < -0.3 is 13.3 Å². The third-order valence-electron chi connectivity index (χ3n) is 30.1. The molecule has 11 aromatic heterocycles. The van der Waals surface area contributed by atoms with Crippen molar-refractivity contribution in [2.24, 2.45) is 0 Å². The van der Waals surface area contributed by atoms with Crippen LogP contribution in [0.15, 0.2) is 492 Å². The van der Waals surface area contributed by atoms with Gasteiger partial charge in [0.2, 0.25) is 17.8 Å². The number of aromatic nitrogens is 9. The number of furan rings is 3. The van der Waals surface area contributed by atoms with Gasteiger partial charge in [-0.2, -0.15) is 0 Å². The fraction of sp³-hybridized carbons (Fsp3) is 0. The maximum atomic E-state index is 6.79. The predicted molar refractivity (Wildman–Crippen MR) is 625 cm³/mol. The van der Waals surface area contributed by atoms with Crippen molar-refractivity contribution in [2.45, 2.75) is 0 Å². The summed E-state index contributed by atoms with van der Waals surface area (Å²) in [6.45, 7) is 0. The van der Waals surface area contributed by atoms with Crippen molar-refractivity contribution < 1.29 is 13.3 Å². The van der Waals surface area contributed by atoms with Gasteiger partial charge >= 0.3 is 0 Å². The molecular weight excluding hydrogens is 1870 g/mol. The van der Waals surface area contributed by atoms with Crippen LogP contribution in [0.1, 0.15) is 0 Å². The van der Waals surface area contributed by atoms with Crippen LogP contribution in [0.3, 0.4) is 0 Å². The van der Waals surface area contributed by atoms with Crippen molar-refractivity contribution >= 4 is 238 Å². The lowest BCUT2D eigenvalue weighted by molar-refractivity contribution is 0.672. The largest absolute Gasteiger partial charge is 0.455 e. The summed E-state index contributed by atoms with van der Waals surface area (Å²) in [5, 5.41) is 23.6. The highest BCUT2D eigenvalue weighted by molar-refractivity contribution is 7.26.